The van der Waals surface area contributed by atoms with Crippen LogP contribution in [0.4, 0.5) is 5.69 Å². The van der Waals surface area contributed by atoms with Gasteiger partial charge in [0.2, 0.25) is 11.1 Å². The zero-order valence-corrected chi connectivity index (χ0v) is 18.2. The Bertz CT molecular complexity index is 1170. The van der Waals surface area contributed by atoms with E-state index in [1.165, 1.54) is 17.3 Å². The molecule has 2 aromatic heterocycles. The molecule has 4 aromatic rings. The van der Waals surface area contributed by atoms with Gasteiger partial charge < -0.3 is 10.1 Å². The molecule has 2 heterocycles. The average molecular weight is 434 g/mol. The minimum absolute atomic E-state index is 0.0980. The van der Waals surface area contributed by atoms with Gasteiger partial charge in [0.1, 0.15) is 5.75 Å². The normalized spacial score (nSPS) is 10.8. The second-order valence-corrected chi connectivity index (χ2v) is 7.71. The van der Waals surface area contributed by atoms with Gasteiger partial charge in [-0.1, -0.05) is 43.0 Å². The summed E-state index contributed by atoms with van der Waals surface area (Å²) in [5.41, 5.74) is 2.80. The smallest absolute Gasteiger partial charge is 0.234 e. The van der Waals surface area contributed by atoms with Gasteiger partial charge in [0.05, 0.1) is 18.4 Å². The Kier molecular flexibility index (Phi) is 6.37. The first-order valence-electron chi connectivity index (χ1n) is 9.93. The van der Waals surface area contributed by atoms with Crippen LogP contribution >= 0.6 is 11.8 Å². The van der Waals surface area contributed by atoms with Gasteiger partial charge in [0.25, 0.3) is 0 Å². The molecule has 158 valence electrons. The van der Waals surface area contributed by atoms with Crippen molar-refractivity contribution < 1.29 is 9.53 Å². The molecular weight excluding hydrogens is 410 g/mol. The number of anilines is 1. The van der Waals surface area contributed by atoms with Crippen molar-refractivity contribution in [3.8, 4) is 17.1 Å². The van der Waals surface area contributed by atoms with E-state index in [0.717, 1.165) is 17.7 Å². The van der Waals surface area contributed by atoms with Gasteiger partial charge in [-0.3, -0.25) is 9.47 Å². The molecule has 0 radical (unpaired) electrons. The summed E-state index contributed by atoms with van der Waals surface area (Å²) in [5.74, 6) is 1.45. The molecule has 0 fully saturated rings. The van der Waals surface area contributed by atoms with Crippen LogP contribution in [0.2, 0.25) is 0 Å². The molecule has 0 atom stereocenters. The molecule has 0 spiro atoms. The Morgan fingerprint density at radius 1 is 1.06 bits per heavy atom. The van der Waals surface area contributed by atoms with E-state index in [1.807, 2.05) is 82.4 Å². The predicted molar refractivity (Wildman–Crippen MR) is 122 cm³/mol. The van der Waals surface area contributed by atoms with Crippen LogP contribution < -0.4 is 10.1 Å². The van der Waals surface area contributed by atoms with Crippen molar-refractivity contribution in [3.63, 3.8) is 0 Å². The van der Waals surface area contributed by atoms with Crippen LogP contribution in [0.25, 0.3) is 11.4 Å². The van der Waals surface area contributed by atoms with E-state index in [-0.39, 0.29) is 11.7 Å². The number of hydrogen-bond acceptors (Lipinski definition) is 5. The maximum atomic E-state index is 12.5. The highest BCUT2D eigenvalue weighted by molar-refractivity contribution is 7.99. The number of nitrogens with zero attached hydrogens (tertiary/aromatic N) is 4. The summed E-state index contributed by atoms with van der Waals surface area (Å²) in [6, 6.07) is 19.4. The second kappa shape index (κ2) is 9.53. The summed E-state index contributed by atoms with van der Waals surface area (Å²) in [4.78, 5) is 12.5. The number of carbonyl (C=O) groups excluding carboxylic acids is 1. The number of thioether (sulfide) groups is 1. The van der Waals surface area contributed by atoms with Crippen LogP contribution in [-0.2, 0) is 11.2 Å². The quantitative estimate of drug-likeness (QED) is 0.418. The van der Waals surface area contributed by atoms with Gasteiger partial charge in [0, 0.05) is 18.1 Å². The Morgan fingerprint density at radius 3 is 2.65 bits per heavy atom. The van der Waals surface area contributed by atoms with Gasteiger partial charge in [-0.2, -0.15) is 0 Å². The second-order valence-electron chi connectivity index (χ2n) is 6.77. The number of rotatable bonds is 8. The van der Waals surface area contributed by atoms with Crippen molar-refractivity contribution in [3.05, 3.63) is 78.6 Å². The lowest BCUT2D eigenvalue weighted by atomic mass is 10.1. The number of aryl methyl sites for hydroxylation is 1. The number of nitrogens with one attached hydrogen (secondary N) is 1. The molecule has 4 rings (SSSR count). The molecule has 8 heteroatoms. The largest absolute Gasteiger partial charge is 0.496 e. The fraction of sp³-hybridized carbons (Fsp3) is 0.174. The minimum atomic E-state index is -0.0980. The molecule has 0 aliphatic heterocycles. The Hall–Kier alpha value is -3.52. The summed E-state index contributed by atoms with van der Waals surface area (Å²) in [6.45, 7) is 2.09. The molecule has 7 nitrogen and oxygen atoms in total. The molecule has 0 saturated carbocycles. The molecule has 0 bridgehead atoms. The number of amides is 1. The number of ether oxygens (including phenoxy) is 1. The lowest BCUT2D eigenvalue weighted by Gasteiger charge is -2.13. The third kappa shape index (κ3) is 4.64. The Labute approximate surface area is 185 Å². The lowest BCUT2D eigenvalue weighted by molar-refractivity contribution is -0.113. The first-order chi connectivity index (χ1) is 15.2. The van der Waals surface area contributed by atoms with E-state index >= 15 is 0 Å². The maximum absolute atomic E-state index is 12.5. The van der Waals surface area contributed by atoms with Crippen molar-refractivity contribution in [2.24, 2.45) is 0 Å². The Balaban J connectivity index is 1.57. The molecular formula is C23H23N5O2S. The highest BCUT2D eigenvalue weighted by Gasteiger charge is 2.19. The molecule has 31 heavy (non-hydrogen) atoms. The van der Waals surface area contributed by atoms with E-state index in [2.05, 4.69) is 22.4 Å². The summed E-state index contributed by atoms with van der Waals surface area (Å²) >= 11 is 1.33. The van der Waals surface area contributed by atoms with Crippen LogP contribution in [0.1, 0.15) is 12.5 Å². The summed E-state index contributed by atoms with van der Waals surface area (Å²) < 4.78 is 9.25. The van der Waals surface area contributed by atoms with Crippen LogP contribution in [-0.4, -0.2) is 38.3 Å². The van der Waals surface area contributed by atoms with Crippen LogP contribution in [0.5, 0.6) is 5.75 Å². The van der Waals surface area contributed by atoms with Crippen molar-refractivity contribution in [2.45, 2.75) is 18.5 Å². The van der Waals surface area contributed by atoms with Crippen molar-refractivity contribution in [1.82, 2.24) is 19.5 Å². The average Bonchev–Trinajstić information content (AvgIpc) is 3.47. The highest BCUT2D eigenvalue weighted by Crippen LogP contribution is 2.31. The molecule has 0 unspecified atom stereocenters. The van der Waals surface area contributed by atoms with Gasteiger partial charge in [0.15, 0.2) is 5.82 Å². The summed E-state index contributed by atoms with van der Waals surface area (Å²) in [6.07, 6.45) is 4.73. The fourth-order valence-corrected chi connectivity index (χ4v) is 3.95. The maximum Gasteiger partial charge on any atom is 0.234 e. The molecule has 1 N–H and O–H groups in total. The van der Waals surface area contributed by atoms with E-state index in [4.69, 9.17) is 4.74 Å². The molecule has 0 aliphatic rings. The van der Waals surface area contributed by atoms with Gasteiger partial charge in [-0.05, 0) is 48.4 Å². The minimum Gasteiger partial charge on any atom is -0.496 e. The monoisotopic (exact) mass is 433 g/mol. The van der Waals surface area contributed by atoms with E-state index in [1.54, 1.807) is 7.11 Å². The summed E-state index contributed by atoms with van der Waals surface area (Å²) in [7, 11) is 1.63. The first kappa shape index (κ1) is 20.7. The van der Waals surface area contributed by atoms with E-state index in [9.17, 15) is 4.79 Å². The van der Waals surface area contributed by atoms with Crippen molar-refractivity contribution >= 4 is 23.4 Å². The third-order valence-electron chi connectivity index (χ3n) is 4.73. The number of hydrogen-bond donors (Lipinski definition) is 1. The van der Waals surface area contributed by atoms with E-state index in [0.29, 0.717) is 16.7 Å². The molecule has 1 amide bonds. The summed E-state index contributed by atoms with van der Waals surface area (Å²) in [5, 5.41) is 12.3. The van der Waals surface area contributed by atoms with Crippen molar-refractivity contribution in [2.75, 3.05) is 18.2 Å². The van der Waals surface area contributed by atoms with E-state index < -0.39 is 0 Å². The standard InChI is InChI=1S/C23H23N5O2S/c1-3-17-9-8-10-18(15-17)24-21(29)16-31-23-26-25-22(28(23)27-13-6-7-14-27)19-11-4-5-12-20(19)30-2/h4-15H,3,16H2,1-2H3,(H,24,29). The topological polar surface area (TPSA) is 74.0 Å². The highest BCUT2D eigenvalue weighted by atomic mass is 32.2. The number of para-hydroxylation sites is 1. The number of benzene rings is 2. The predicted octanol–water partition coefficient (Wildman–Crippen LogP) is 4.36. The lowest BCUT2D eigenvalue weighted by Crippen LogP contribution is -2.16. The van der Waals surface area contributed by atoms with Crippen LogP contribution in [0.3, 0.4) is 0 Å². The molecule has 2 aromatic carbocycles. The zero-order valence-electron chi connectivity index (χ0n) is 17.4. The van der Waals surface area contributed by atoms with Crippen LogP contribution in [0, 0.1) is 0 Å². The van der Waals surface area contributed by atoms with Crippen molar-refractivity contribution in [1.29, 1.82) is 0 Å². The molecule has 0 aliphatic carbocycles. The van der Waals surface area contributed by atoms with Gasteiger partial charge in [-0.15, -0.1) is 10.2 Å². The van der Waals surface area contributed by atoms with Gasteiger partial charge >= 0.3 is 0 Å². The van der Waals surface area contributed by atoms with Crippen LogP contribution in [0.15, 0.2) is 78.2 Å². The third-order valence-corrected chi connectivity index (χ3v) is 5.65. The number of aromatic nitrogens is 4. The number of methoxy groups -OCH3 is 1. The van der Waals surface area contributed by atoms with Gasteiger partial charge in [-0.25, -0.2) is 4.68 Å². The number of carbonyl (C=O) groups is 1. The zero-order chi connectivity index (χ0) is 21.6. The first-order valence-corrected chi connectivity index (χ1v) is 10.9. The SMILES string of the molecule is CCc1cccc(NC(=O)CSc2nnc(-c3ccccc3OC)n2-n2cccc2)c1. The Morgan fingerprint density at radius 2 is 1.87 bits per heavy atom. The fourth-order valence-electron chi connectivity index (χ4n) is 3.22. The molecule has 0 saturated heterocycles.